The molecule has 3 rings (SSSR count). The molecule has 3 nitrogen and oxygen atoms in total. The molecule has 22 heavy (non-hydrogen) atoms. The van der Waals surface area contributed by atoms with Crippen LogP contribution in [0.5, 0.6) is 0 Å². The van der Waals surface area contributed by atoms with Crippen molar-refractivity contribution in [3.63, 3.8) is 0 Å². The van der Waals surface area contributed by atoms with Crippen molar-refractivity contribution in [2.45, 2.75) is 18.9 Å². The molecule has 1 N–H and O–H groups in total. The minimum atomic E-state index is -0.371. The van der Waals surface area contributed by atoms with E-state index in [-0.39, 0.29) is 16.9 Å². The number of piperazine rings is 1. The van der Waals surface area contributed by atoms with Gasteiger partial charge in [0.1, 0.15) is 5.82 Å². The summed E-state index contributed by atoms with van der Waals surface area (Å²) in [4.78, 5) is 2.34. The first-order chi connectivity index (χ1) is 10.7. The maximum atomic E-state index is 14.7. The van der Waals surface area contributed by atoms with E-state index in [1.165, 1.54) is 6.07 Å². The molecule has 2 aliphatic heterocycles. The molecule has 2 heterocycles. The van der Waals surface area contributed by atoms with Gasteiger partial charge >= 0.3 is 0 Å². The minimum Gasteiger partial charge on any atom is -0.381 e. The topological polar surface area (TPSA) is 24.5 Å². The normalized spacial score (nSPS) is 22.7. The van der Waals surface area contributed by atoms with Gasteiger partial charge < -0.3 is 10.1 Å². The van der Waals surface area contributed by atoms with Gasteiger partial charge in [0.05, 0.1) is 5.02 Å². The zero-order valence-electron chi connectivity index (χ0n) is 12.5. The van der Waals surface area contributed by atoms with E-state index >= 15 is 0 Å². The molecule has 2 aliphatic rings. The summed E-state index contributed by atoms with van der Waals surface area (Å²) in [7, 11) is 0. The number of benzene rings is 1. The van der Waals surface area contributed by atoms with Crippen LogP contribution in [-0.2, 0) is 4.74 Å². The van der Waals surface area contributed by atoms with Gasteiger partial charge in [0.15, 0.2) is 0 Å². The molecule has 2 fully saturated rings. The minimum absolute atomic E-state index is 0.0304. The van der Waals surface area contributed by atoms with Crippen LogP contribution in [0, 0.1) is 11.7 Å². The molecule has 0 amide bonds. The van der Waals surface area contributed by atoms with E-state index in [2.05, 4.69) is 10.2 Å². The van der Waals surface area contributed by atoms with Crippen LogP contribution in [0.4, 0.5) is 4.39 Å². The van der Waals surface area contributed by atoms with E-state index in [0.717, 1.165) is 52.2 Å². The number of halogens is 3. The second-order valence-electron chi connectivity index (χ2n) is 5.94. The zero-order valence-corrected chi connectivity index (χ0v) is 14.0. The summed E-state index contributed by atoms with van der Waals surface area (Å²) in [6, 6.07) is 3.20. The molecule has 0 saturated carbocycles. The molecule has 122 valence electrons. The van der Waals surface area contributed by atoms with Crippen LogP contribution < -0.4 is 5.32 Å². The Hall–Kier alpha value is -0.390. The van der Waals surface area contributed by atoms with Crippen LogP contribution in [0.15, 0.2) is 12.1 Å². The lowest BCUT2D eigenvalue weighted by molar-refractivity contribution is 0.0203. The highest BCUT2D eigenvalue weighted by molar-refractivity contribution is 6.33. The number of hydrogen-bond donors (Lipinski definition) is 1. The third kappa shape index (κ3) is 3.41. The Morgan fingerprint density at radius 2 is 1.77 bits per heavy atom. The molecule has 0 bridgehead atoms. The molecular weight excluding hydrogens is 326 g/mol. The molecule has 0 radical (unpaired) electrons. The molecule has 0 unspecified atom stereocenters. The summed E-state index contributed by atoms with van der Waals surface area (Å²) >= 11 is 12.4. The highest BCUT2D eigenvalue weighted by Crippen LogP contribution is 2.41. The average Bonchev–Trinajstić information content (AvgIpc) is 2.57. The van der Waals surface area contributed by atoms with Crippen molar-refractivity contribution in [3.05, 3.63) is 33.6 Å². The summed E-state index contributed by atoms with van der Waals surface area (Å²) in [5.74, 6) is -0.0264. The van der Waals surface area contributed by atoms with Crippen molar-refractivity contribution in [1.29, 1.82) is 0 Å². The first-order valence-electron chi connectivity index (χ1n) is 7.84. The third-order valence-electron chi connectivity index (χ3n) is 4.63. The van der Waals surface area contributed by atoms with Gasteiger partial charge in [-0.05, 0) is 30.9 Å². The molecule has 6 heteroatoms. The Morgan fingerprint density at radius 1 is 1.14 bits per heavy atom. The molecule has 0 aromatic heterocycles. The average molecular weight is 347 g/mol. The van der Waals surface area contributed by atoms with Crippen molar-refractivity contribution in [2.75, 3.05) is 39.4 Å². The maximum Gasteiger partial charge on any atom is 0.148 e. The third-order valence-corrected chi connectivity index (χ3v) is 5.25. The molecule has 1 aromatic carbocycles. The van der Waals surface area contributed by atoms with Crippen molar-refractivity contribution < 1.29 is 9.13 Å². The number of hydrogen-bond acceptors (Lipinski definition) is 3. The van der Waals surface area contributed by atoms with Crippen molar-refractivity contribution >= 4 is 23.2 Å². The number of nitrogens with zero attached hydrogens (tertiary/aromatic N) is 1. The first-order valence-corrected chi connectivity index (χ1v) is 8.60. The summed E-state index contributed by atoms with van der Waals surface area (Å²) in [6.07, 6.45) is 1.85. The first kappa shape index (κ1) is 16.5. The number of nitrogens with one attached hydrogen (secondary N) is 1. The van der Waals surface area contributed by atoms with Crippen LogP contribution in [0.25, 0.3) is 0 Å². The predicted octanol–water partition coefficient (Wildman–Crippen LogP) is 3.51. The van der Waals surface area contributed by atoms with Crippen molar-refractivity contribution in [1.82, 2.24) is 10.2 Å². The van der Waals surface area contributed by atoms with E-state index in [4.69, 9.17) is 27.9 Å². The molecule has 1 atom stereocenters. The van der Waals surface area contributed by atoms with Gasteiger partial charge in [-0.2, -0.15) is 0 Å². The molecule has 0 aliphatic carbocycles. The van der Waals surface area contributed by atoms with Crippen LogP contribution in [0.1, 0.15) is 24.4 Å². The van der Waals surface area contributed by atoms with Gasteiger partial charge in [0.25, 0.3) is 0 Å². The standard InChI is InChI=1S/C16H21Cl2FN2O/c17-12-1-2-13(18)15(19)14(12)16(11-3-9-22-10-4-11)21-7-5-20-6-8-21/h1-2,11,16,20H,3-10H2/t16-/m1/s1. The SMILES string of the molecule is Fc1c(Cl)ccc(Cl)c1[C@@H](C1CCOCC1)N1CCNCC1. The number of ether oxygens (including phenoxy) is 1. The molecule has 0 spiro atoms. The highest BCUT2D eigenvalue weighted by Gasteiger charge is 2.34. The Labute approximate surface area is 140 Å². The molecule has 2 saturated heterocycles. The fourth-order valence-corrected chi connectivity index (χ4v) is 3.94. The van der Waals surface area contributed by atoms with E-state index in [1.807, 2.05) is 0 Å². The van der Waals surface area contributed by atoms with Gasteiger partial charge in [0, 0.05) is 56.0 Å². The second kappa shape index (κ2) is 7.45. The van der Waals surface area contributed by atoms with E-state index in [9.17, 15) is 4.39 Å². The van der Waals surface area contributed by atoms with Gasteiger partial charge in [-0.15, -0.1) is 0 Å². The van der Waals surface area contributed by atoms with Gasteiger partial charge in [0.2, 0.25) is 0 Å². The van der Waals surface area contributed by atoms with E-state index < -0.39 is 0 Å². The predicted molar refractivity (Wildman–Crippen MR) is 87.1 cm³/mol. The Morgan fingerprint density at radius 3 is 2.45 bits per heavy atom. The fourth-order valence-electron chi connectivity index (χ4n) is 3.52. The second-order valence-corrected chi connectivity index (χ2v) is 6.75. The Bertz CT molecular complexity index is 499. The van der Waals surface area contributed by atoms with Gasteiger partial charge in [-0.1, -0.05) is 23.2 Å². The lowest BCUT2D eigenvalue weighted by Crippen LogP contribution is -2.47. The van der Waals surface area contributed by atoms with Crippen LogP contribution in [0.3, 0.4) is 0 Å². The van der Waals surface area contributed by atoms with E-state index in [0.29, 0.717) is 16.5 Å². The smallest absolute Gasteiger partial charge is 0.148 e. The van der Waals surface area contributed by atoms with Gasteiger partial charge in [-0.25, -0.2) is 4.39 Å². The summed E-state index contributed by atoms with van der Waals surface area (Å²) in [5, 5.41) is 3.96. The molecule has 1 aromatic rings. The summed E-state index contributed by atoms with van der Waals surface area (Å²) in [5.41, 5.74) is 0.558. The Kier molecular flexibility index (Phi) is 5.58. The van der Waals surface area contributed by atoms with E-state index in [1.54, 1.807) is 6.07 Å². The van der Waals surface area contributed by atoms with Crippen LogP contribution in [-0.4, -0.2) is 44.3 Å². The lowest BCUT2D eigenvalue weighted by atomic mass is 9.85. The lowest BCUT2D eigenvalue weighted by Gasteiger charge is -2.41. The van der Waals surface area contributed by atoms with Crippen LogP contribution >= 0.6 is 23.2 Å². The Balaban J connectivity index is 1.98. The monoisotopic (exact) mass is 346 g/mol. The van der Waals surface area contributed by atoms with Crippen molar-refractivity contribution in [2.24, 2.45) is 5.92 Å². The van der Waals surface area contributed by atoms with Crippen molar-refractivity contribution in [3.8, 4) is 0 Å². The highest BCUT2D eigenvalue weighted by atomic mass is 35.5. The molecular formula is C16H21Cl2FN2O. The summed E-state index contributed by atoms with van der Waals surface area (Å²) < 4.78 is 20.2. The largest absolute Gasteiger partial charge is 0.381 e. The number of rotatable bonds is 3. The van der Waals surface area contributed by atoms with Gasteiger partial charge in [-0.3, -0.25) is 4.90 Å². The summed E-state index contributed by atoms with van der Waals surface area (Å²) in [6.45, 7) is 5.08. The zero-order chi connectivity index (χ0) is 15.5. The fraction of sp³-hybridized carbons (Fsp3) is 0.625. The maximum absolute atomic E-state index is 14.7. The van der Waals surface area contributed by atoms with Crippen LogP contribution in [0.2, 0.25) is 10.0 Å². The quantitative estimate of drug-likeness (QED) is 0.847.